The molecule has 0 spiro atoms. The predicted octanol–water partition coefficient (Wildman–Crippen LogP) is 3.00. The van der Waals surface area contributed by atoms with Gasteiger partial charge in [0.05, 0.1) is 24.3 Å². The number of benzene rings is 1. The number of carbonyl (C=O) groups is 1. The van der Waals surface area contributed by atoms with Gasteiger partial charge in [-0.2, -0.15) is 5.26 Å². The van der Waals surface area contributed by atoms with E-state index in [0.29, 0.717) is 16.5 Å². The van der Waals surface area contributed by atoms with Crippen molar-refractivity contribution in [2.24, 2.45) is 0 Å². The van der Waals surface area contributed by atoms with Crippen molar-refractivity contribution in [2.75, 3.05) is 7.11 Å². The van der Waals surface area contributed by atoms with E-state index in [4.69, 9.17) is 5.26 Å². The topological polar surface area (TPSA) is 50.1 Å². The Morgan fingerprint density at radius 1 is 1.60 bits per heavy atom. The molecule has 0 unspecified atom stereocenters. The minimum atomic E-state index is -0.451. The van der Waals surface area contributed by atoms with E-state index in [0.717, 1.165) is 10.0 Å². The molecule has 3 nitrogen and oxygen atoms in total. The van der Waals surface area contributed by atoms with Crippen LogP contribution in [0, 0.1) is 11.3 Å². The summed E-state index contributed by atoms with van der Waals surface area (Å²) in [5.74, 6) is -0.451. The Morgan fingerprint density at radius 3 is 2.73 bits per heavy atom. The monoisotopic (exact) mass is 331 g/mol. The van der Waals surface area contributed by atoms with Crippen LogP contribution < -0.4 is 0 Å². The molecule has 0 aliphatic heterocycles. The van der Waals surface area contributed by atoms with Gasteiger partial charge < -0.3 is 4.74 Å². The molecule has 0 aromatic heterocycles. The van der Waals surface area contributed by atoms with Gasteiger partial charge >= 0.3 is 5.97 Å². The molecular formula is C10H7Br2NO2. The zero-order valence-electron chi connectivity index (χ0n) is 7.88. The summed E-state index contributed by atoms with van der Waals surface area (Å²) in [7, 11) is 1.31. The highest BCUT2D eigenvalue weighted by molar-refractivity contribution is 9.10. The number of esters is 1. The summed E-state index contributed by atoms with van der Waals surface area (Å²) >= 11 is 6.59. The molecule has 0 saturated heterocycles. The number of halogens is 2. The molecule has 15 heavy (non-hydrogen) atoms. The molecular weight excluding hydrogens is 326 g/mol. The maximum atomic E-state index is 11.3. The van der Waals surface area contributed by atoms with Gasteiger partial charge in [-0.15, -0.1) is 0 Å². The van der Waals surface area contributed by atoms with Crippen LogP contribution in [0.3, 0.4) is 0 Å². The lowest BCUT2D eigenvalue weighted by Crippen LogP contribution is -2.03. The SMILES string of the molecule is COC(=O)c1cc(Br)c(CBr)c(C#N)c1. The minimum Gasteiger partial charge on any atom is -0.465 e. The highest BCUT2D eigenvalue weighted by Gasteiger charge is 2.12. The largest absolute Gasteiger partial charge is 0.465 e. The van der Waals surface area contributed by atoms with Gasteiger partial charge in [0.15, 0.2) is 0 Å². The molecule has 1 aromatic rings. The Hall–Kier alpha value is -0.860. The number of methoxy groups -OCH3 is 1. The second-order valence-corrected chi connectivity index (χ2v) is 4.14. The summed E-state index contributed by atoms with van der Waals surface area (Å²) in [5.41, 5.74) is 1.65. The third-order valence-corrected chi connectivity index (χ3v) is 3.14. The molecule has 1 aromatic carbocycles. The quantitative estimate of drug-likeness (QED) is 0.618. The Bertz CT molecular complexity index is 438. The normalized spacial score (nSPS) is 9.47. The predicted molar refractivity (Wildman–Crippen MR) is 62.8 cm³/mol. The molecule has 1 rings (SSSR count). The summed E-state index contributed by atoms with van der Waals surface area (Å²) in [4.78, 5) is 11.3. The van der Waals surface area contributed by atoms with Gasteiger partial charge in [0.1, 0.15) is 0 Å². The minimum absolute atomic E-state index is 0.366. The van der Waals surface area contributed by atoms with Gasteiger partial charge in [-0.25, -0.2) is 4.79 Å². The number of hydrogen-bond donors (Lipinski definition) is 0. The van der Waals surface area contributed by atoms with Crippen molar-refractivity contribution in [3.63, 3.8) is 0 Å². The first kappa shape index (κ1) is 12.2. The second-order valence-electron chi connectivity index (χ2n) is 2.72. The van der Waals surface area contributed by atoms with E-state index in [-0.39, 0.29) is 0 Å². The number of nitriles is 1. The van der Waals surface area contributed by atoms with Crippen molar-refractivity contribution in [3.8, 4) is 6.07 Å². The number of alkyl halides is 1. The zero-order valence-corrected chi connectivity index (χ0v) is 11.1. The summed E-state index contributed by atoms with van der Waals surface area (Å²) < 4.78 is 5.30. The molecule has 0 aliphatic rings. The van der Waals surface area contributed by atoms with Crippen LogP contribution >= 0.6 is 31.9 Å². The average Bonchev–Trinajstić information content (AvgIpc) is 2.26. The van der Waals surface area contributed by atoms with Crippen molar-refractivity contribution < 1.29 is 9.53 Å². The van der Waals surface area contributed by atoms with Crippen LogP contribution in [0.4, 0.5) is 0 Å². The molecule has 78 valence electrons. The second kappa shape index (κ2) is 5.29. The van der Waals surface area contributed by atoms with E-state index in [1.807, 2.05) is 6.07 Å². The zero-order chi connectivity index (χ0) is 11.4. The Labute approximate surface area is 104 Å². The first-order valence-corrected chi connectivity index (χ1v) is 5.92. The van der Waals surface area contributed by atoms with Crippen molar-refractivity contribution in [1.29, 1.82) is 5.26 Å². The van der Waals surface area contributed by atoms with E-state index in [9.17, 15) is 4.79 Å². The number of hydrogen-bond acceptors (Lipinski definition) is 3. The van der Waals surface area contributed by atoms with Crippen LogP contribution in [0.1, 0.15) is 21.5 Å². The van der Waals surface area contributed by atoms with Gasteiger partial charge in [0, 0.05) is 9.80 Å². The first-order valence-electron chi connectivity index (χ1n) is 4.00. The fourth-order valence-corrected chi connectivity index (χ4v) is 2.69. The summed E-state index contributed by atoms with van der Waals surface area (Å²) in [6.07, 6.45) is 0. The van der Waals surface area contributed by atoms with Gasteiger partial charge in [0.2, 0.25) is 0 Å². The molecule has 0 bridgehead atoms. The molecule has 0 N–H and O–H groups in total. The van der Waals surface area contributed by atoms with Crippen molar-refractivity contribution in [2.45, 2.75) is 5.33 Å². The molecule has 0 radical (unpaired) electrons. The lowest BCUT2D eigenvalue weighted by Gasteiger charge is -2.06. The van der Waals surface area contributed by atoms with Crippen molar-refractivity contribution >= 4 is 37.8 Å². The average molecular weight is 333 g/mol. The van der Waals surface area contributed by atoms with E-state index < -0.39 is 5.97 Å². The van der Waals surface area contributed by atoms with Crippen molar-refractivity contribution in [1.82, 2.24) is 0 Å². The highest BCUT2D eigenvalue weighted by atomic mass is 79.9. The van der Waals surface area contributed by atoms with Crippen LogP contribution in [0.5, 0.6) is 0 Å². The maximum absolute atomic E-state index is 11.3. The van der Waals surface area contributed by atoms with Crippen molar-refractivity contribution in [3.05, 3.63) is 33.3 Å². The molecule has 0 aliphatic carbocycles. The molecule has 0 fully saturated rings. The molecule has 0 amide bonds. The van der Waals surface area contributed by atoms with E-state index in [2.05, 4.69) is 36.6 Å². The summed E-state index contributed by atoms with van der Waals surface area (Å²) in [6.45, 7) is 0. The maximum Gasteiger partial charge on any atom is 0.337 e. The third kappa shape index (κ3) is 2.58. The third-order valence-electron chi connectivity index (χ3n) is 1.87. The van der Waals surface area contributed by atoms with Gasteiger partial charge in [-0.05, 0) is 17.7 Å². The molecule has 0 heterocycles. The van der Waals surface area contributed by atoms with Gasteiger partial charge in [-0.3, -0.25) is 0 Å². The van der Waals surface area contributed by atoms with E-state index in [1.54, 1.807) is 6.07 Å². The standard InChI is InChI=1S/C10H7Br2NO2/c1-15-10(14)6-2-7(5-13)8(4-11)9(12)3-6/h2-3H,4H2,1H3. The Morgan fingerprint density at radius 2 is 2.27 bits per heavy atom. The van der Waals surface area contributed by atoms with Crippen LogP contribution in [0.2, 0.25) is 0 Å². The van der Waals surface area contributed by atoms with Crippen LogP contribution in [0.25, 0.3) is 0 Å². The number of rotatable bonds is 2. The number of ether oxygens (including phenoxy) is 1. The fraction of sp³-hybridized carbons (Fsp3) is 0.200. The summed E-state index contributed by atoms with van der Waals surface area (Å²) in [6, 6.07) is 5.20. The number of carbonyl (C=O) groups excluding carboxylic acids is 1. The molecule has 0 saturated carbocycles. The Balaban J connectivity index is 3.33. The number of nitrogens with zero attached hydrogens (tertiary/aromatic N) is 1. The first-order chi connectivity index (χ1) is 7.13. The molecule has 0 atom stereocenters. The van der Waals surface area contributed by atoms with Gasteiger partial charge in [-0.1, -0.05) is 31.9 Å². The summed E-state index contributed by atoms with van der Waals surface area (Å²) in [5, 5.41) is 9.46. The van der Waals surface area contributed by atoms with E-state index >= 15 is 0 Å². The lowest BCUT2D eigenvalue weighted by molar-refractivity contribution is 0.0600. The molecule has 5 heteroatoms. The van der Waals surface area contributed by atoms with E-state index in [1.165, 1.54) is 13.2 Å². The van der Waals surface area contributed by atoms with Crippen LogP contribution in [-0.2, 0) is 10.1 Å². The van der Waals surface area contributed by atoms with Crippen LogP contribution in [0.15, 0.2) is 16.6 Å². The smallest absolute Gasteiger partial charge is 0.337 e. The fourth-order valence-electron chi connectivity index (χ4n) is 1.11. The van der Waals surface area contributed by atoms with Gasteiger partial charge in [0.25, 0.3) is 0 Å². The highest BCUT2D eigenvalue weighted by Crippen LogP contribution is 2.25. The van der Waals surface area contributed by atoms with Crippen LogP contribution in [-0.4, -0.2) is 13.1 Å². The Kier molecular flexibility index (Phi) is 4.30. The lowest BCUT2D eigenvalue weighted by atomic mass is 10.1.